The Hall–Kier alpha value is -4.44. The van der Waals surface area contributed by atoms with Crippen LogP contribution >= 0.6 is 0 Å². The Kier molecular flexibility index (Phi) is 5.89. The molecule has 1 aliphatic carbocycles. The largest absolute Gasteiger partial charge is 0.353 e. The van der Waals surface area contributed by atoms with Gasteiger partial charge < -0.3 is 15.5 Å². The quantitative estimate of drug-likeness (QED) is 0.333. The number of pyridine rings is 2. The van der Waals surface area contributed by atoms with Crippen molar-refractivity contribution in [2.24, 2.45) is 7.05 Å². The molecule has 4 aromatic heterocycles. The van der Waals surface area contributed by atoms with Crippen LogP contribution in [0.5, 0.6) is 0 Å². The molecule has 5 heterocycles. The number of hydrogen-bond acceptors (Lipinski definition) is 8. The summed E-state index contributed by atoms with van der Waals surface area (Å²) < 4.78 is 16.8. The minimum atomic E-state index is -0.373. The van der Waals surface area contributed by atoms with Gasteiger partial charge in [-0.05, 0) is 54.7 Å². The Balaban J connectivity index is 1.24. The second-order valence-corrected chi connectivity index (χ2v) is 10.1. The summed E-state index contributed by atoms with van der Waals surface area (Å²) in [5.41, 5.74) is 4.83. The van der Waals surface area contributed by atoms with Crippen LogP contribution < -0.4 is 15.5 Å². The fraction of sp³-hybridized carbons (Fsp3) is 0.276. The number of nitrogens with zero attached hydrogens (tertiary/aromatic N) is 7. The molecule has 1 saturated heterocycles. The van der Waals surface area contributed by atoms with Crippen molar-refractivity contribution in [1.29, 1.82) is 0 Å². The van der Waals surface area contributed by atoms with Crippen LogP contribution in [0.4, 0.5) is 21.7 Å². The second kappa shape index (κ2) is 9.70. The van der Waals surface area contributed by atoms with Crippen LogP contribution in [0.3, 0.4) is 0 Å². The zero-order chi connectivity index (χ0) is 26.3. The van der Waals surface area contributed by atoms with Crippen LogP contribution in [0.1, 0.15) is 24.3 Å². The van der Waals surface area contributed by atoms with Crippen molar-refractivity contribution < 1.29 is 4.39 Å². The Morgan fingerprint density at radius 2 is 1.85 bits per heavy atom. The second-order valence-electron chi connectivity index (χ2n) is 10.1. The van der Waals surface area contributed by atoms with Crippen molar-refractivity contribution >= 4 is 28.2 Å². The molecule has 0 atom stereocenters. The molecule has 1 aliphatic heterocycles. The molecule has 39 heavy (non-hydrogen) atoms. The summed E-state index contributed by atoms with van der Waals surface area (Å²) >= 11 is 0. The first kappa shape index (κ1) is 23.7. The highest BCUT2D eigenvalue weighted by Gasteiger charge is 2.29. The third kappa shape index (κ3) is 4.57. The summed E-state index contributed by atoms with van der Waals surface area (Å²) in [5.74, 6) is 2.24. The molecule has 5 aromatic rings. The van der Waals surface area contributed by atoms with Crippen molar-refractivity contribution in [2.45, 2.75) is 18.8 Å². The van der Waals surface area contributed by atoms with E-state index in [9.17, 15) is 0 Å². The molecule has 2 aliphatic rings. The van der Waals surface area contributed by atoms with Crippen LogP contribution in [0.2, 0.25) is 0 Å². The molecule has 0 radical (unpaired) electrons. The minimum Gasteiger partial charge on any atom is -0.353 e. The molecular formula is C29H28FN9. The number of aryl methyl sites for hydroxylation is 1. The van der Waals surface area contributed by atoms with Gasteiger partial charge in [-0.3, -0.25) is 9.67 Å². The Morgan fingerprint density at radius 1 is 0.974 bits per heavy atom. The molecule has 0 amide bonds. The lowest BCUT2D eigenvalue weighted by molar-refractivity contribution is 0.586. The fourth-order valence-corrected chi connectivity index (χ4v) is 5.24. The number of piperazine rings is 1. The normalized spacial score (nSPS) is 15.6. The third-order valence-electron chi connectivity index (χ3n) is 7.42. The van der Waals surface area contributed by atoms with E-state index in [1.165, 1.54) is 24.5 Å². The smallest absolute Gasteiger partial charge is 0.162 e. The lowest BCUT2D eigenvalue weighted by atomic mass is 10.1. The summed E-state index contributed by atoms with van der Waals surface area (Å²) in [4.78, 5) is 21.3. The Labute approximate surface area is 225 Å². The van der Waals surface area contributed by atoms with Crippen molar-refractivity contribution in [1.82, 2.24) is 35.0 Å². The number of rotatable bonds is 6. The summed E-state index contributed by atoms with van der Waals surface area (Å²) in [6.45, 7) is 3.60. The SMILES string of the molecule is Cn1nccc1-c1ccc(Nc2cc(-c3nc(N4CCNCC4)c4c(C5CC5)cncc4n3)ccn2)c(F)c1. The van der Waals surface area contributed by atoms with E-state index in [0.29, 0.717) is 23.2 Å². The standard InChI is InChI=1S/C29H28FN9/c1-38-25(7-9-34-38)19-4-5-23(22(30)14-19)35-26-15-20(6-8-33-26)28-36-24-17-32-16-21(18-2-3-18)27(24)29(37-28)39-12-10-31-11-13-39/h4-9,14-18,31H,2-3,10-13H2,1H3,(H,33,35). The predicted octanol–water partition coefficient (Wildman–Crippen LogP) is 4.66. The van der Waals surface area contributed by atoms with Gasteiger partial charge in [0.25, 0.3) is 0 Å². The van der Waals surface area contributed by atoms with Gasteiger partial charge >= 0.3 is 0 Å². The van der Waals surface area contributed by atoms with Gasteiger partial charge in [0.15, 0.2) is 5.82 Å². The highest BCUT2D eigenvalue weighted by atomic mass is 19.1. The Bertz CT molecular complexity index is 1670. The van der Waals surface area contributed by atoms with Crippen molar-refractivity contribution in [2.75, 3.05) is 36.4 Å². The molecule has 0 spiro atoms. The van der Waals surface area contributed by atoms with Gasteiger partial charge in [-0.15, -0.1) is 0 Å². The first-order chi connectivity index (χ1) is 19.1. The van der Waals surface area contributed by atoms with Gasteiger partial charge in [0.2, 0.25) is 0 Å². The van der Waals surface area contributed by atoms with Gasteiger partial charge in [-0.1, -0.05) is 6.07 Å². The number of nitrogens with one attached hydrogen (secondary N) is 2. The van der Waals surface area contributed by atoms with E-state index >= 15 is 4.39 Å². The van der Waals surface area contributed by atoms with Crippen molar-refractivity contribution in [3.8, 4) is 22.6 Å². The molecule has 196 valence electrons. The topological polar surface area (TPSA) is 96.7 Å². The van der Waals surface area contributed by atoms with E-state index in [2.05, 4.69) is 30.6 Å². The lowest BCUT2D eigenvalue weighted by Crippen LogP contribution is -2.44. The van der Waals surface area contributed by atoms with Crippen LogP contribution in [-0.4, -0.2) is 55.9 Å². The highest BCUT2D eigenvalue weighted by molar-refractivity contribution is 5.94. The van der Waals surface area contributed by atoms with Crippen LogP contribution in [0.15, 0.2) is 61.2 Å². The number of benzene rings is 1. The third-order valence-corrected chi connectivity index (χ3v) is 7.42. The van der Waals surface area contributed by atoms with E-state index in [0.717, 1.165) is 59.7 Å². The van der Waals surface area contributed by atoms with E-state index in [-0.39, 0.29) is 5.82 Å². The van der Waals surface area contributed by atoms with E-state index < -0.39 is 0 Å². The highest BCUT2D eigenvalue weighted by Crippen LogP contribution is 2.45. The van der Waals surface area contributed by atoms with Crippen molar-refractivity contribution in [3.63, 3.8) is 0 Å². The molecule has 1 saturated carbocycles. The molecule has 2 fully saturated rings. The minimum absolute atomic E-state index is 0.338. The summed E-state index contributed by atoms with van der Waals surface area (Å²) in [7, 11) is 1.83. The number of hydrogen-bond donors (Lipinski definition) is 2. The first-order valence-electron chi connectivity index (χ1n) is 13.3. The van der Waals surface area contributed by atoms with Crippen LogP contribution in [0, 0.1) is 5.82 Å². The van der Waals surface area contributed by atoms with Gasteiger partial charge in [-0.25, -0.2) is 19.3 Å². The average molecular weight is 522 g/mol. The van der Waals surface area contributed by atoms with E-state index in [1.807, 2.05) is 43.7 Å². The van der Waals surface area contributed by atoms with Gasteiger partial charge in [0.1, 0.15) is 17.5 Å². The summed E-state index contributed by atoms with van der Waals surface area (Å²) in [6.07, 6.45) is 9.57. The lowest BCUT2D eigenvalue weighted by Gasteiger charge is -2.30. The molecule has 10 heteroatoms. The monoisotopic (exact) mass is 521 g/mol. The molecule has 9 nitrogen and oxygen atoms in total. The van der Waals surface area contributed by atoms with Crippen LogP contribution in [-0.2, 0) is 7.05 Å². The first-order valence-corrected chi connectivity index (χ1v) is 13.3. The maximum Gasteiger partial charge on any atom is 0.162 e. The van der Waals surface area contributed by atoms with Crippen LogP contribution in [0.25, 0.3) is 33.5 Å². The number of aromatic nitrogens is 6. The van der Waals surface area contributed by atoms with Gasteiger partial charge in [0, 0.05) is 68.3 Å². The molecule has 1 aromatic carbocycles. The molecule has 7 rings (SSSR count). The van der Waals surface area contributed by atoms with Gasteiger partial charge in [0.05, 0.1) is 23.1 Å². The van der Waals surface area contributed by atoms with E-state index in [4.69, 9.17) is 9.97 Å². The number of halogens is 1. The summed E-state index contributed by atoms with van der Waals surface area (Å²) in [6, 6.07) is 10.7. The predicted molar refractivity (Wildman–Crippen MR) is 150 cm³/mol. The molecule has 0 bridgehead atoms. The molecule has 0 unspecified atom stereocenters. The van der Waals surface area contributed by atoms with E-state index in [1.54, 1.807) is 23.1 Å². The number of fused-ring (bicyclic) bond motifs is 1. The maximum absolute atomic E-state index is 15.1. The number of anilines is 3. The zero-order valence-electron chi connectivity index (χ0n) is 21.6. The zero-order valence-corrected chi connectivity index (χ0v) is 21.6. The van der Waals surface area contributed by atoms with Gasteiger partial charge in [-0.2, -0.15) is 5.10 Å². The maximum atomic E-state index is 15.1. The molecular weight excluding hydrogens is 493 g/mol. The van der Waals surface area contributed by atoms with Crippen molar-refractivity contribution in [3.05, 3.63) is 72.6 Å². The molecule has 2 N–H and O–H groups in total. The summed E-state index contributed by atoms with van der Waals surface area (Å²) in [5, 5.41) is 11.8. The average Bonchev–Trinajstić information content (AvgIpc) is 3.73. The Morgan fingerprint density at radius 3 is 2.62 bits per heavy atom. The fourth-order valence-electron chi connectivity index (χ4n) is 5.24.